The second kappa shape index (κ2) is 4.56. The van der Waals surface area contributed by atoms with Gasteiger partial charge in [-0.15, -0.1) is 0 Å². The van der Waals surface area contributed by atoms with Gasteiger partial charge in [-0.05, 0) is 59.0 Å². The Bertz CT molecular complexity index is 496. The van der Waals surface area contributed by atoms with Crippen molar-refractivity contribution in [1.82, 2.24) is 4.98 Å². The fraction of sp³-hybridized carbons (Fsp3) is 0. The van der Waals surface area contributed by atoms with Gasteiger partial charge in [0.2, 0.25) is 0 Å². The van der Waals surface area contributed by atoms with Crippen molar-refractivity contribution in [1.29, 1.82) is 0 Å². The van der Waals surface area contributed by atoms with Crippen LogP contribution >= 0.6 is 22.6 Å². The molecule has 0 aliphatic heterocycles. The Kier molecular flexibility index (Phi) is 3.14. The van der Waals surface area contributed by atoms with E-state index in [1.54, 1.807) is 12.1 Å². The lowest BCUT2D eigenvalue weighted by Crippen LogP contribution is -2.00. The third kappa shape index (κ3) is 2.54. The van der Waals surface area contributed by atoms with E-state index >= 15 is 0 Å². The van der Waals surface area contributed by atoms with Crippen molar-refractivity contribution >= 4 is 45.6 Å². The summed E-state index contributed by atoms with van der Waals surface area (Å²) in [4.78, 5) is 4.13. The molecule has 5 N–H and O–H groups in total. The minimum absolute atomic E-state index is 0.343. The largest absolute Gasteiger partial charge is 0.396 e. The summed E-state index contributed by atoms with van der Waals surface area (Å²) in [6.07, 6.45) is 0. The molecular weight excluding hydrogens is 315 g/mol. The summed E-state index contributed by atoms with van der Waals surface area (Å²) in [6.45, 7) is 0. The Morgan fingerprint density at radius 3 is 2.31 bits per heavy atom. The quantitative estimate of drug-likeness (QED) is 0.742. The maximum Gasteiger partial charge on any atom is 0.149 e. The average Bonchev–Trinajstić information content (AvgIpc) is 2.27. The van der Waals surface area contributed by atoms with Crippen LogP contribution in [-0.4, -0.2) is 4.98 Å². The number of nitrogen functional groups attached to an aromatic ring is 2. The van der Waals surface area contributed by atoms with Gasteiger partial charge in [-0.3, -0.25) is 0 Å². The van der Waals surface area contributed by atoms with Crippen molar-refractivity contribution in [2.24, 2.45) is 0 Å². The van der Waals surface area contributed by atoms with Crippen LogP contribution < -0.4 is 16.8 Å². The second-order valence-electron chi connectivity index (χ2n) is 3.30. The van der Waals surface area contributed by atoms with Crippen LogP contribution in [0.5, 0.6) is 0 Å². The van der Waals surface area contributed by atoms with Gasteiger partial charge < -0.3 is 16.8 Å². The molecule has 16 heavy (non-hydrogen) atoms. The average molecular weight is 326 g/mol. The third-order valence-corrected chi connectivity index (χ3v) is 2.79. The Hall–Kier alpha value is -1.50. The van der Waals surface area contributed by atoms with Gasteiger partial charge in [0.05, 0.1) is 5.69 Å². The predicted molar refractivity (Wildman–Crippen MR) is 75.5 cm³/mol. The molecule has 0 radical (unpaired) electrons. The molecule has 0 saturated heterocycles. The van der Waals surface area contributed by atoms with Gasteiger partial charge >= 0.3 is 0 Å². The first-order valence-electron chi connectivity index (χ1n) is 4.70. The maximum absolute atomic E-state index is 5.62. The molecule has 0 amide bonds. The highest BCUT2D eigenvalue weighted by molar-refractivity contribution is 14.1. The number of anilines is 4. The van der Waals surface area contributed by atoms with E-state index < -0.39 is 0 Å². The number of hydrogen-bond donors (Lipinski definition) is 3. The number of aromatic nitrogens is 1. The van der Waals surface area contributed by atoms with E-state index in [4.69, 9.17) is 11.5 Å². The summed E-state index contributed by atoms with van der Waals surface area (Å²) in [5, 5.41) is 3.15. The maximum atomic E-state index is 5.62. The minimum Gasteiger partial charge on any atom is -0.396 e. The van der Waals surface area contributed by atoms with E-state index in [2.05, 4.69) is 32.9 Å². The summed E-state index contributed by atoms with van der Waals surface area (Å²) in [6, 6.07) is 11.5. The Morgan fingerprint density at radius 2 is 1.69 bits per heavy atom. The monoisotopic (exact) mass is 326 g/mol. The molecule has 1 aromatic carbocycles. The third-order valence-electron chi connectivity index (χ3n) is 2.07. The zero-order valence-corrected chi connectivity index (χ0v) is 10.6. The molecule has 82 valence electrons. The predicted octanol–water partition coefficient (Wildman–Crippen LogP) is 2.59. The van der Waals surface area contributed by atoms with Gasteiger partial charge in [0.15, 0.2) is 0 Å². The highest BCUT2D eigenvalue weighted by atomic mass is 127. The number of benzene rings is 1. The van der Waals surface area contributed by atoms with Gasteiger partial charge in [0.1, 0.15) is 11.6 Å². The van der Waals surface area contributed by atoms with Gasteiger partial charge in [-0.1, -0.05) is 0 Å². The molecule has 1 heterocycles. The standard InChI is InChI=1S/C11H11IN4/c12-7-1-3-8(4-2-7)15-10-6-5-9(13)11(14)16-10/h1-6H,13H2,(H3,14,15,16). The van der Waals surface area contributed by atoms with Crippen molar-refractivity contribution in [2.45, 2.75) is 0 Å². The van der Waals surface area contributed by atoms with Gasteiger partial charge in [-0.2, -0.15) is 0 Å². The van der Waals surface area contributed by atoms with E-state index in [0.717, 1.165) is 5.69 Å². The van der Waals surface area contributed by atoms with E-state index in [1.807, 2.05) is 24.3 Å². The van der Waals surface area contributed by atoms with Crippen molar-refractivity contribution < 1.29 is 0 Å². The molecule has 2 aromatic rings. The van der Waals surface area contributed by atoms with E-state index in [1.165, 1.54) is 3.57 Å². The fourth-order valence-electron chi connectivity index (χ4n) is 1.24. The van der Waals surface area contributed by atoms with Gasteiger partial charge in [0, 0.05) is 9.26 Å². The molecule has 0 fully saturated rings. The molecule has 0 aliphatic carbocycles. The number of pyridine rings is 1. The first-order chi connectivity index (χ1) is 7.65. The van der Waals surface area contributed by atoms with Crippen LogP contribution in [0.2, 0.25) is 0 Å². The lowest BCUT2D eigenvalue weighted by molar-refractivity contribution is 1.32. The molecule has 1 aromatic heterocycles. The molecular formula is C11H11IN4. The highest BCUT2D eigenvalue weighted by Gasteiger charge is 1.99. The first kappa shape index (κ1) is 11.0. The minimum atomic E-state index is 0.343. The summed E-state index contributed by atoms with van der Waals surface area (Å²) >= 11 is 2.26. The Morgan fingerprint density at radius 1 is 1.00 bits per heavy atom. The summed E-state index contributed by atoms with van der Waals surface area (Å²) in [7, 11) is 0. The first-order valence-corrected chi connectivity index (χ1v) is 5.77. The van der Waals surface area contributed by atoms with Crippen molar-refractivity contribution in [2.75, 3.05) is 16.8 Å². The van der Waals surface area contributed by atoms with E-state index in [9.17, 15) is 0 Å². The lowest BCUT2D eigenvalue weighted by atomic mass is 10.3. The lowest BCUT2D eigenvalue weighted by Gasteiger charge is -2.07. The summed E-state index contributed by atoms with van der Waals surface area (Å²) in [5.74, 6) is 1.03. The van der Waals surface area contributed by atoms with Crippen molar-refractivity contribution in [3.63, 3.8) is 0 Å². The fourth-order valence-corrected chi connectivity index (χ4v) is 1.60. The molecule has 0 unspecified atom stereocenters. The number of hydrogen-bond acceptors (Lipinski definition) is 4. The topological polar surface area (TPSA) is 77.0 Å². The van der Waals surface area contributed by atoms with Gasteiger partial charge in [-0.25, -0.2) is 4.98 Å². The molecule has 0 atom stereocenters. The molecule has 0 spiro atoms. The molecule has 0 bridgehead atoms. The molecule has 5 heteroatoms. The van der Waals surface area contributed by atoms with Crippen LogP contribution in [0.3, 0.4) is 0 Å². The van der Waals surface area contributed by atoms with Crippen LogP contribution in [0, 0.1) is 3.57 Å². The van der Waals surface area contributed by atoms with E-state index in [-0.39, 0.29) is 0 Å². The Labute approximate surface area is 107 Å². The van der Waals surface area contributed by atoms with Crippen LogP contribution in [0.4, 0.5) is 23.0 Å². The summed E-state index contributed by atoms with van der Waals surface area (Å²) < 4.78 is 1.19. The molecule has 0 saturated carbocycles. The molecule has 2 rings (SSSR count). The second-order valence-corrected chi connectivity index (χ2v) is 4.55. The summed E-state index contributed by atoms with van der Waals surface area (Å²) in [5.41, 5.74) is 12.7. The van der Waals surface area contributed by atoms with Crippen molar-refractivity contribution in [3.05, 3.63) is 40.0 Å². The van der Waals surface area contributed by atoms with Crippen LogP contribution in [0.25, 0.3) is 0 Å². The Balaban J connectivity index is 2.20. The highest BCUT2D eigenvalue weighted by Crippen LogP contribution is 2.19. The zero-order valence-electron chi connectivity index (χ0n) is 8.44. The zero-order chi connectivity index (χ0) is 11.5. The van der Waals surface area contributed by atoms with E-state index in [0.29, 0.717) is 17.3 Å². The SMILES string of the molecule is Nc1ccc(Nc2ccc(I)cc2)nc1N. The van der Waals surface area contributed by atoms with Crippen LogP contribution in [0.15, 0.2) is 36.4 Å². The number of nitrogens with two attached hydrogens (primary N) is 2. The number of nitrogens with one attached hydrogen (secondary N) is 1. The smallest absolute Gasteiger partial charge is 0.149 e. The van der Waals surface area contributed by atoms with Crippen molar-refractivity contribution in [3.8, 4) is 0 Å². The molecule has 4 nitrogen and oxygen atoms in total. The van der Waals surface area contributed by atoms with Crippen LogP contribution in [-0.2, 0) is 0 Å². The number of nitrogens with zero attached hydrogens (tertiary/aromatic N) is 1. The van der Waals surface area contributed by atoms with Gasteiger partial charge in [0.25, 0.3) is 0 Å². The number of halogens is 1. The number of rotatable bonds is 2. The normalized spacial score (nSPS) is 10.1. The molecule has 0 aliphatic rings. The van der Waals surface area contributed by atoms with Crippen LogP contribution in [0.1, 0.15) is 0 Å².